The molecule has 1 heterocycles. The van der Waals surface area contributed by atoms with Crippen LogP contribution in [0.15, 0.2) is 0 Å². The summed E-state index contributed by atoms with van der Waals surface area (Å²) in [5.74, 6) is -3.88. The zero-order valence-electron chi connectivity index (χ0n) is 17.9. The molecule has 1 aliphatic rings. The Morgan fingerprint density at radius 1 is 1.10 bits per heavy atom. The SMILES string of the molecule is CC(C)CC(N)C(=O)NC(CO)C(=O)NC(CCC(N)=O)C(=O)N1CCCC1C(=O)O. The number of amides is 4. The molecule has 4 unspecified atom stereocenters. The number of hydrogen-bond acceptors (Lipinski definition) is 7. The number of carbonyl (C=O) groups is 5. The Bertz CT molecular complexity index is 685. The van der Waals surface area contributed by atoms with Crippen LogP contribution in [-0.4, -0.2) is 82.0 Å². The second-order valence-corrected chi connectivity index (χ2v) is 8.07. The monoisotopic (exact) mass is 443 g/mol. The van der Waals surface area contributed by atoms with Crippen molar-refractivity contribution in [3.8, 4) is 0 Å². The lowest BCUT2D eigenvalue weighted by Gasteiger charge is -2.28. The largest absolute Gasteiger partial charge is 0.480 e. The maximum absolute atomic E-state index is 12.9. The van der Waals surface area contributed by atoms with Crippen molar-refractivity contribution in [3.63, 3.8) is 0 Å². The molecule has 0 aromatic rings. The number of carbonyl (C=O) groups excluding carboxylic acids is 4. The second-order valence-electron chi connectivity index (χ2n) is 8.07. The van der Waals surface area contributed by atoms with E-state index in [1.165, 1.54) is 0 Å². The van der Waals surface area contributed by atoms with Gasteiger partial charge in [-0.05, 0) is 31.6 Å². The highest BCUT2D eigenvalue weighted by Crippen LogP contribution is 2.19. The van der Waals surface area contributed by atoms with E-state index >= 15 is 0 Å². The Kier molecular flexibility index (Phi) is 10.4. The quantitative estimate of drug-likeness (QED) is 0.192. The highest BCUT2D eigenvalue weighted by molar-refractivity contribution is 5.94. The molecule has 4 amide bonds. The van der Waals surface area contributed by atoms with Gasteiger partial charge in [0.1, 0.15) is 18.1 Å². The number of rotatable bonds is 12. The van der Waals surface area contributed by atoms with Gasteiger partial charge in [-0.15, -0.1) is 0 Å². The average Bonchev–Trinajstić information content (AvgIpc) is 3.17. The fourth-order valence-corrected chi connectivity index (χ4v) is 3.39. The maximum atomic E-state index is 12.9. The molecule has 0 aromatic carbocycles. The van der Waals surface area contributed by atoms with Gasteiger partial charge in [0, 0.05) is 13.0 Å². The number of nitrogens with two attached hydrogens (primary N) is 2. The molecular weight excluding hydrogens is 410 g/mol. The van der Waals surface area contributed by atoms with E-state index in [0.29, 0.717) is 12.8 Å². The summed E-state index contributed by atoms with van der Waals surface area (Å²) in [5, 5.41) is 23.6. The standard InChI is InChI=1S/C19H33N5O7/c1-10(2)8-11(20)16(27)23-13(9-25)17(28)22-12(5-6-15(21)26)18(29)24-7-3-4-14(24)19(30)31/h10-14,25H,3-9,20H2,1-2H3,(H2,21,26)(H,22,28)(H,23,27)(H,30,31). The summed E-state index contributed by atoms with van der Waals surface area (Å²) in [4.78, 5) is 61.4. The molecule has 176 valence electrons. The van der Waals surface area contributed by atoms with E-state index in [2.05, 4.69) is 10.6 Å². The van der Waals surface area contributed by atoms with Crippen LogP contribution in [0.1, 0.15) is 46.0 Å². The van der Waals surface area contributed by atoms with Crippen molar-refractivity contribution in [1.29, 1.82) is 0 Å². The number of nitrogens with zero attached hydrogens (tertiary/aromatic N) is 1. The molecule has 1 aliphatic heterocycles. The van der Waals surface area contributed by atoms with Crippen LogP contribution < -0.4 is 22.1 Å². The minimum absolute atomic E-state index is 0.139. The normalized spacial score (nSPS) is 18.9. The number of carboxylic acid groups (broad SMARTS) is 1. The number of carboxylic acids is 1. The summed E-state index contributed by atoms with van der Waals surface area (Å²) in [6.07, 6.45) is 0.763. The summed E-state index contributed by atoms with van der Waals surface area (Å²) in [5.41, 5.74) is 10.9. The Morgan fingerprint density at radius 3 is 2.23 bits per heavy atom. The number of nitrogens with one attached hydrogen (secondary N) is 2. The van der Waals surface area contributed by atoms with E-state index in [1.54, 1.807) is 0 Å². The summed E-state index contributed by atoms with van der Waals surface area (Å²) in [6.45, 7) is 3.20. The Balaban J connectivity index is 2.90. The van der Waals surface area contributed by atoms with Crippen LogP contribution in [0.4, 0.5) is 0 Å². The summed E-state index contributed by atoms with van der Waals surface area (Å²) in [7, 11) is 0. The predicted molar refractivity (Wildman–Crippen MR) is 109 cm³/mol. The van der Waals surface area contributed by atoms with E-state index in [0.717, 1.165) is 4.90 Å². The molecule has 0 bridgehead atoms. The number of aliphatic hydroxyl groups is 1. The van der Waals surface area contributed by atoms with Gasteiger partial charge in [0.25, 0.3) is 0 Å². The van der Waals surface area contributed by atoms with Crippen molar-refractivity contribution < 1.29 is 34.2 Å². The first kappa shape index (κ1) is 26.3. The average molecular weight is 444 g/mol. The number of likely N-dealkylation sites (tertiary alicyclic amines) is 1. The number of aliphatic hydroxyl groups excluding tert-OH is 1. The van der Waals surface area contributed by atoms with Crippen LogP contribution in [0.25, 0.3) is 0 Å². The van der Waals surface area contributed by atoms with Crippen molar-refractivity contribution in [3.05, 3.63) is 0 Å². The first-order valence-electron chi connectivity index (χ1n) is 10.3. The molecule has 31 heavy (non-hydrogen) atoms. The Morgan fingerprint density at radius 2 is 1.71 bits per heavy atom. The summed E-state index contributed by atoms with van der Waals surface area (Å²) < 4.78 is 0. The molecule has 0 aromatic heterocycles. The minimum atomic E-state index is -1.37. The van der Waals surface area contributed by atoms with Gasteiger partial charge in [-0.25, -0.2) is 4.79 Å². The molecule has 0 aliphatic carbocycles. The molecule has 4 atom stereocenters. The lowest BCUT2D eigenvalue weighted by atomic mass is 10.0. The second kappa shape index (κ2) is 12.2. The highest BCUT2D eigenvalue weighted by Gasteiger charge is 2.38. The highest BCUT2D eigenvalue weighted by atomic mass is 16.4. The van der Waals surface area contributed by atoms with Gasteiger partial charge >= 0.3 is 5.97 Å². The van der Waals surface area contributed by atoms with Crippen LogP contribution in [0, 0.1) is 5.92 Å². The molecule has 8 N–H and O–H groups in total. The molecule has 1 fully saturated rings. The summed E-state index contributed by atoms with van der Waals surface area (Å²) in [6, 6.07) is -4.52. The third kappa shape index (κ3) is 8.13. The van der Waals surface area contributed by atoms with Crippen molar-refractivity contribution >= 4 is 29.6 Å². The maximum Gasteiger partial charge on any atom is 0.326 e. The minimum Gasteiger partial charge on any atom is -0.480 e. The van der Waals surface area contributed by atoms with Gasteiger partial charge in [0.15, 0.2) is 0 Å². The van der Waals surface area contributed by atoms with Crippen molar-refractivity contribution in [2.24, 2.45) is 17.4 Å². The zero-order chi connectivity index (χ0) is 23.7. The van der Waals surface area contributed by atoms with E-state index in [1.807, 2.05) is 13.8 Å². The molecule has 1 rings (SSSR count). The van der Waals surface area contributed by atoms with Crippen LogP contribution in [0.3, 0.4) is 0 Å². The van der Waals surface area contributed by atoms with Crippen LogP contribution in [0.2, 0.25) is 0 Å². The number of primary amides is 1. The van der Waals surface area contributed by atoms with Gasteiger partial charge in [-0.3, -0.25) is 19.2 Å². The molecule has 12 nitrogen and oxygen atoms in total. The third-order valence-corrected chi connectivity index (χ3v) is 4.99. The van der Waals surface area contributed by atoms with Gasteiger partial charge in [0.2, 0.25) is 23.6 Å². The number of hydrogen-bond donors (Lipinski definition) is 6. The van der Waals surface area contributed by atoms with Gasteiger partial charge in [-0.1, -0.05) is 13.8 Å². The number of aliphatic carboxylic acids is 1. The molecule has 1 saturated heterocycles. The van der Waals surface area contributed by atoms with Crippen LogP contribution in [-0.2, 0) is 24.0 Å². The topological polar surface area (TPSA) is 205 Å². The molecular formula is C19H33N5O7. The first-order valence-corrected chi connectivity index (χ1v) is 10.3. The first-order chi connectivity index (χ1) is 14.5. The Labute approximate surface area is 180 Å². The van der Waals surface area contributed by atoms with Gasteiger partial charge < -0.3 is 37.2 Å². The van der Waals surface area contributed by atoms with Gasteiger partial charge in [-0.2, -0.15) is 0 Å². The van der Waals surface area contributed by atoms with Crippen molar-refractivity contribution in [2.45, 2.75) is 70.1 Å². The summed E-state index contributed by atoms with van der Waals surface area (Å²) >= 11 is 0. The van der Waals surface area contributed by atoms with Gasteiger partial charge in [0.05, 0.1) is 12.6 Å². The lowest BCUT2D eigenvalue weighted by molar-refractivity contribution is -0.149. The van der Waals surface area contributed by atoms with Crippen molar-refractivity contribution in [2.75, 3.05) is 13.2 Å². The van der Waals surface area contributed by atoms with Crippen LogP contribution >= 0.6 is 0 Å². The smallest absolute Gasteiger partial charge is 0.326 e. The van der Waals surface area contributed by atoms with E-state index < -0.39 is 60.4 Å². The molecule has 0 saturated carbocycles. The van der Waals surface area contributed by atoms with E-state index in [4.69, 9.17) is 11.5 Å². The molecule has 0 radical (unpaired) electrons. The third-order valence-electron chi connectivity index (χ3n) is 4.99. The van der Waals surface area contributed by atoms with E-state index in [9.17, 15) is 34.2 Å². The fraction of sp³-hybridized carbons (Fsp3) is 0.737. The van der Waals surface area contributed by atoms with Crippen LogP contribution in [0.5, 0.6) is 0 Å². The van der Waals surface area contributed by atoms with Crippen molar-refractivity contribution in [1.82, 2.24) is 15.5 Å². The fourth-order valence-electron chi connectivity index (χ4n) is 3.39. The lowest BCUT2D eigenvalue weighted by Crippen LogP contribution is -2.58. The Hall–Kier alpha value is -2.73. The van der Waals surface area contributed by atoms with E-state index in [-0.39, 0.29) is 31.7 Å². The predicted octanol–water partition coefficient (Wildman–Crippen LogP) is -2.34. The molecule has 12 heteroatoms. The zero-order valence-corrected chi connectivity index (χ0v) is 17.9. The molecule has 0 spiro atoms.